The zero-order valence-corrected chi connectivity index (χ0v) is 8.16. The van der Waals surface area contributed by atoms with Crippen molar-refractivity contribution in [3.05, 3.63) is 23.8 Å². The van der Waals surface area contributed by atoms with Crippen LogP contribution in [0.4, 0.5) is 0 Å². The molecule has 15 heavy (non-hydrogen) atoms. The van der Waals surface area contributed by atoms with Gasteiger partial charge in [-0.1, -0.05) is 6.07 Å². The van der Waals surface area contributed by atoms with Crippen molar-refractivity contribution in [3.8, 4) is 11.5 Å². The average Bonchev–Trinajstić information content (AvgIpc) is 2.91. The van der Waals surface area contributed by atoms with Crippen LogP contribution in [0, 0.1) is 0 Å². The van der Waals surface area contributed by atoms with Gasteiger partial charge in [-0.15, -0.1) is 0 Å². The SMILES string of the molecule is NC(=O)C1(c2ccc3c(c2)OCO3)CC1. The molecule has 1 fully saturated rings. The molecule has 0 radical (unpaired) electrons. The fraction of sp³-hybridized carbons (Fsp3) is 0.364. The summed E-state index contributed by atoms with van der Waals surface area (Å²) in [7, 11) is 0. The maximum atomic E-state index is 11.3. The first-order valence-electron chi connectivity index (χ1n) is 4.92. The second-order valence-electron chi connectivity index (χ2n) is 4.01. The minimum atomic E-state index is -0.443. The molecule has 0 aromatic heterocycles. The van der Waals surface area contributed by atoms with Crippen LogP contribution in [0.1, 0.15) is 18.4 Å². The van der Waals surface area contributed by atoms with E-state index in [2.05, 4.69) is 0 Å². The summed E-state index contributed by atoms with van der Waals surface area (Å²) in [6.07, 6.45) is 1.67. The number of primary amides is 1. The number of amides is 1. The van der Waals surface area contributed by atoms with E-state index in [9.17, 15) is 4.79 Å². The van der Waals surface area contributed by atoms with Crippen LogP contribution >= 0.6 is 0 Å². The minimum absolute atomic E-state index is 0.249. The van der Waals surface area contributed by atoms with E-state index in [1.165, 1.54) is 0 Å². The summed E-state index contributed by atoms with van der Waals surface area (Å²) in [6, 6.07) is 5.59. The molecule has 4 nitrogen and oxygen atoms in total. The molecule has 1 aromatic carbocycles. The van der Waals surface area contributed by atoms with Crippen molar-refractivity contribution in [1.29, 1.82) is 0 Å². The lowest BCUT2D eigenvalue weighted by molar-refractivity contribution is -0.120. The zero-order chi connectivity index (χ0) is 10.5. The highest BCUT2D eigenvalue weighted by Gasteiger charge is 2.50. The summed E-state index contributed by atoms with van der Waals surface area (Å²) in [5, 5.41) is 0. The first kappa shape index (κ1) is 8.59. The second-order valence-corrected chi connectivity index (χ2v) is 4.01. The third-order valence-corrected chi connectivity index (χ3v) is 3.15. The molecular weight excluding hydrogens is 194 g/mol. The number of hydrogen-bond donors (Lipinski definition) is 1. The van der Waals surface area contributed by atoms with E-state index in [-0.39, 0.29) is 12.7 Å². The minimum Gasteiger partial charge on any atom is -0.454 e. The van der Waals surface area contributed by atoms with Gasteiger partial charge in [0.05, 0.1) is 5.41 Å². The highest BCUT2D eigenvalue weighted by molar-refractivity contribution is 5.90. The Hall–Kier alpha value is -1.71. The molecule has 78 valence electrons. The van der Waals surface area contributed by atoms with Gasteiger partial charge in [0.2, 0.25) is 12.7 Å². The predicted octanol–water partition coefficient (Wildman–Crippen LogP) is 0.932. The first-order valence-corrected chi connectivity index (χ1v) is 4.92. The molecule has 1 amide bonds. The molecule has 0 atom stereocenters. The molecule has 1 aliphatic carbocycles. The van der Waals surface area contributed by atoms with E-state index < -0.39 is 5.41 Å². The Morgan fingerprint density at radius 3 is 2.67 bits per heavy atom. The topological polar surface area (TPSA) is 61.6 Å². The molecule has 2 N–H and O–H groups in total. The molecule has 3 rings (SSSR count). The number of ether oxygens (including phenoxy) is 2. The fourth-order valence-corrected chi connectivity index (χ4v) is 2.00. The van der Waals surface area contributed by atoms with Gasteiger partial charge < -0.3 is 15.2 Å². The molecule has 4 heteroatoms. The van der Waals surface area contributed by atoms with E-state index in [0.717, 1.165) is 24.2 Å². The van der Waals surface area contributed by atoms with Gasteiger partial charge in [0.25, 0.3) is 0 Å². The highest BCUT2D eigenvalue weighted by atomic mass is 16.7. The summed E-state index contributed by atoms with van der Waals surface area (Å²) in [6.45, 7) is 0.252. The van der Waals surface area contributed by atoms with Crippen molar-refractivity contribution < 1.29 is 14.3 Å². The number of hydrogen-bond acceptors (Lipinski definition) is 3. The van der Waals surface area contributed by atoms with Crippen LogP contribution in [0.2, 0.25) is 0 Å². The Morgan fingerprint density at radius 1 is 1.27 bits per heavy atom. The standard InChI is InChI=1S/C11H11NO3/c12-10(13)11(3-4-11)7-1-2-8-9(5-7)15-6-14-8/h1-2,5H,3-4,6H2,(H2,12,13). The molecule has 1 heterocycles. The number of fused-ring (bicyclic) bond motifs is 1. The van der Waals surface area contributed by atoms with Crippen LogP contribution in [0.5, 0.6) is 11.5 Å². The van der Waals surface area contributed by atoms with Gasteiger partial charge in [-0.25, -0.2) is 0 Å². The third-order valence-electron chi connectivity index (χ3n) is 3.15. The van der Waals surface area contributed by atoms with Crippen LogP contribution in [0.15, 0.2) is 18.2 Å². The molecule has 1 aromatic rings. The number of carbonyl (C=O) groups excluding carboxylic acids is 1. The van der Waals surface area contributed by atoms with Crippen molar-refractivity contribution in [3.63, 3.8) is 0 Å². The van der Waals surface area contributed by atoms with Crippen molar-refractivity contribution in [2.75, 3.05) is 6.79 Å². The second kappa shape index (κ2) is 2.66. The molecule has 0 bridgehead atoms. The monoisotopic (exact) mass is 205 g/mol. The lowest BCUT2D eigenvalue weighted by Gasteiger charge is -2.11. The number of benzene rings is 1. The van der Waals surface area contributed by atoms with E-state index in [0.29, 0.717) is 5.75 Å². The van der Waals surface area contributed by atoms with Gasteiger partial charge in [0, 0.05) is 0 Å². The zero-order valence-electron chi connectivity index (χ0n) is 8.16. The van der Waals surface area contributed by atoms with Crippen LogP contribution in [-0.2, 0) is 10.2 Å². The summed E-state index contributed by atoms with van der Waals surface area (Å²) < 4.78 is 10.5. The Kier molecular flexibility index (Phi) is 1.52. The molecule has 1 saturated carbocycles. The van der Waals surface area contributed by atoms with Gasteiger partial charge in [-0.2, -0.15) is 0 Å². The van der Waals surface area contributed by atoms with Gasteiger partial charge in [0.15, 0.2) is 11.5 Å². The smallest absolute Gasteiger partial charge is 0.231 e. The molecule has 2 aliphatic rings. The van der Waals surface area contributed by atoms with E-state index >= 15 is 0 Å². The third kappa shape index (κ3) is 1.11. The maximum absolute atomic E-state index is 11.3. The van der Waals surface area contributed by atoms with E-state index in [4.69, 9.17) is 15.2 Å². The Bertz CT molecular complexity index is 437. The largest absolute Gasteiger partial charge is 0.454 e. The van der Waals surface area contributed by atoms with Gasteiger partial charge in [-0.05, 0) is 30.5 Å². The van der Waals surface area contributed by atoms with Crippen molar-refractivity contribution in [2.45, 2.75) is 18.3 Å². The highest BCUT2D eigenvalue weighted by Crippen LogP contribution is 2.50. The molecular formula is C11H11NO3. The Balaban J connectivity index is 2.03. The average molecular weight is 205 g/mol. The van der Waals surface area contributed by atoms with Crippen molar-refractivity contribution in [2.24, 2.45) is 5.73 Å². The number of carbonyl (C=O) groups is 1. The van der Waals surface area contributed by atoms with Crippen LogP contribution in [0.3, 0.4) is 0 Å². The maximum Gasteiger partial charge on any atom is 0.231 e. The summed E-state index contributed by atoms with van der Waals surface area (Å²) >= 11 is 0. The molecule has 0 saturated heterocycles. The summed E-state index contributed by atoms with van der Waals surface area (Å²) in [5.74, 6) is 1.19. The Morgan fingerprint density at radius 2 is 2.00 bits per heavy atom. The summed E-state index contributed by atoms with van der Waals surface area (Å²) in [4.78, 5) is 11.3. The number of rotatable bonds is 2. The lowest BCUT2D eigenvalue weighted by Crippen LogP contribution is -2.28. The van der Waals surface area contributed by atoms with E-state index in [1.807, 2.05) is 18.2 Å². The lowest BCUT2D eigenvalue weighted by atomic mass is 9.95. The molecule has 0 spiro atoms. The van der Waals surface area contributed by atoms with Gasteiger partial charge in [0.1, 0.15) is 0 Å². The Labute approximate surface area is 87.0 Å². The summed E-state index contributed by atoms with van der Waals surface area (Å²) in [5.41, 5.74) is 5.90. The van der Waals surface area contributed by atoms with Gasteiger partial charge >= 0.3 is 0 Å². The fourth-order valence-electron chi connectivity index (χ4n) is 2.00. The van der Waals surface area contributed by atoms with E-state index in [1.54, 1.807) is 0 Å². The predicted molar refractivity (Wildman–Crippen MR) is 52.7 cm³/mol. The molecule has 1 aliphatic heterocycles. The van der Waals surface area contributed by atoms with Crippen molar-refractivity contribution in [1.82, 2.24) is 0 Å². The van der Waals surface area contributed by atoms with Crippen LogP contribution in [0.25, 0.3) is 0 Å². The van der Waals surface area contributed by atoms with Crippen LogP contribution in [-0.4, -0.2) is 12.7 Å². The van der Waals surface area contributed by atoms with Gasteiger partial charge in [-0.3, -0.25) is 4.79 Å². The quantitative estimate of drug-likeness (QED) is 0.781. The number of nitrogens with two attached hydrogens (primary N) is 1. The van der Waals surface area contributed by atoms with Crippen molar-refractivity contribution >= 4 is 5.91 Å². The molecule has 0 unspecified atom stereocenters. The van der Waals surface area contributed by atoms with Crippen LogP contribution < -0.4 is 15.2 Å². The normalized spacial score (nSPS) is 20.0. The first-order chi connectivity index (χ1) is 7.22.